The van der Waals surface area contributed by atoms with E-state index in [1.54, 1.807) is 11.1 Å². The van der Waals surface area contributed by atoms with Crippen LogP contribution in [0, 0.1) is 5.92 Å². The second-order valence-electron chi connectivity index (χ2n) is 4.20. The summed E-state index contributed by atoms with van der Waals surface area (Å²) in [6.45, 7) is 2.58. The smallest absolute Gasteiger partial charge is 0.410 e. The Morgan fingerprint density at radius 2 is 2.47 bits per heavy atom. The molecule has 1 aromatic heterocycles. The highest BCUT2D eigenvalue weighted by Gasteiger charge is 2.26. The molecule has 5 heteroatoms. The molecule has 1 aliphatic heterocycles. The molecule has 92 valence electrons. The zero-order chi connectivity index (χ0) is 12.1. The number of rotatable bonds is 4. The Kier molecular flexibility index (Phi) is 3.93. The van der Waals surface area contributed by atoms with E-state index in [1.807, 2.05) is 25.2 Å². The maximum atomic E-state index is 11.6. The minimum absolute atomic E-state index is 0.247. The van der Waals surface area contributed by atoms with Gasteiger partial charge in [-0.05, 0) is 19.2 Å². The molecule has 0 saturated carbocycles. The SMILES string of the molecule is CNCC1COC(=O)N(Cc2ccccn2)C1. The summed E-state index contributed by atoms with van der Waals surface area (Å²) < 4.78 is 5.15. The van der Waals surface area contributed by atoms with E-state index < -0.39 is 0 Å². The molecule has 1 aromatic rings. The van der Waals surface area contributed by atoms with Crippen molar-refractivity contribution < 1.29 is 9.53 Å². The van der Waals surface area contributed by atoms with Crippen LogP contribution in [0.4, 0.5) is 4.79 Å². The standard InChI is InChI=1S/C12H17N3O2/c1-13-6-10-7-15(12(16)17-9-10)8-11-4-2-3-5-14-11/h2-5,10,13H,6-9H2,1H3. The number of pyridine rings is 1. The number of ether oxygens (including phenoxy) is 1. The van der Waals surface area contributed by atoms with Gasteiger partial charge in [0.15, 0.2) is 0 Å². The Labute approximate surface area is 101 Å². The van der Waals surface area contributed by atoms with Crippen molar-refractivity contribution in [1.82, 2.24) is 15.2 Å². The predicted octanol–water partition coefficient (Wildman–Crippen LogP) is 0.869. The van der Waals surface area contributed by atoms with Crippen LogP contribution in [-0.2, 0) is 11.3 Å². The molecule has 2 rings (SSSR count). The Hall–Kier alpha value is -1.62. The summed E-state index contributed by atoms with van der Waals surface area (Å²) in [5, 5.41) is 3.10. The molecule has 1 aliphatic rings. The first-order chi connectivity index (χ1) is 8.29. The normalized spacial score (nSPS) is 20.2. The van der Waals surface area contributed by atoms with Crippen LogP contribution in [0.5, 0.6) is 0 Å². The van der Waals surface area contributed by atoms with Gasteiger partial charge in [-0.25, -0.2) is 4.79 Å². The first kappa shape index (κ1) is 11.9. The summed E-state index contributed by atoms with van der Waals surface area (Å²) in [6, 6.07) is 5.69. The van der Waals surface area contributed by atoms with Crippen molar-refractivity contribution >= 4 is 6.09 Å². The van der Waals surface area contributed by atoms with E-state index in [-0.39, 0.29) is 6.09 Å². The van der Waals surface area contributed by atoms with Crippen molar-refractivity contribution in [2.45, 2.75) is 6.54 Å². The number of carbonyl (C=O) groups excluding carboxylic acids is 1. The van der Waals surface area contributed by atoms with Crippen LogP contribution < -0.4 is 5.32 Å². The molecule has 0 bridgehead atoms. The summed E-state index contributed by atoms with van der Waals surface area (Å²) in [5.41, 5.74) is 0.884. The summed E-state index contributed by atoms with van der Waals surface area (Å²) in [7, 11) is 1.90. The van der Waals surface area contributed by atoms with Crippen LogP contribution in [0.1, 0.15) is 5.69 Å². The third-order valence-corrected chi connectivity index (χ3v) is 2.75. The molecule has 1 fully saturated rings. The summed E-state index contributed by atoms with van der Waals surface area (Å²) >= 11 is 0. The lowest BCUT2D eigenvalue weighted by molar-refractivity contribution is 0.0403. The largest absolute Gasteiger partial charge is 0.449 e. The van der Waals surface area contributed by atoms with Crippen molar-refractivity contribution in [3.8, 4) is 0 Å². The molecule has 1 N–H and O–H groups in total. The first-order valence-electron chi connectivity index (χ1n) is 5.76. The molecule has 0 aliphatic carbocycles. The molecule has 17 heavy (non-hydrogen) atoms. The Morgan fingerprint density at radius 3 is 3.18 bits per heavy atom. The highest BCUT2D eigenvalue weighted by Crippen LogP contribution is 2.13. The van der Waals surface area contributed by atoms with Crippen molar-refractivity contribution in [2.24, 2.45) is 5.92 Å². The summed E-state index contributed by atoms with van der Waals surface area (Å²) in [5.74, 6) is 0.349. The van der Waals surface area contributed by atoms with Crippen molar-refractivity contribution in [3.05, 3.63) is 30.1 Å². The molecular formula is C12H17N3O2. The fourth-order valence-corrected chi connectivity index (χ4v) is 1.95. The van der Waals surface area contributed by atoms with Gasteiger partial charge in [-0.15, -0.1) is 0 Å². The minimum atomic E-state index is -0.247. The predicted molar refractivity (Wildman–Crippen MR) is 63.4 cm³/mol. The molecule has 1 saturated heterocycles. The van der Waals surface area contributed by atoms with E-state index in [1.165, 1.54) is 0 Å². The lowest BCUT2D eigenvalue weighted by Gasteiger charge is -2.31. The average Bonchev–Trinajstić information content (AvgIpc) is 2.35. The van der Waals surface area contributed by atoms with Crippen molar-refractivity contribution in [2.75, 3.05) is 26.7 Å². The lowest BCUT2D eigenvalue weighted by Crippen LogP contribution is -2.45. The minimum Gasteiger partial charge on any atom is -0.449 e. The van der Waals surface area contributed by atoms with E-state index >= 15 is 0 Å². The number of aromatic nitrogens is 1. The molecule has 0 spiro atoms. The number of amides is 1. The number of nitrogens with zero attached hydrogens (tertiary/aromatic N) is 2. The van der Waals surface area contributed by atoms with Gasteiger partial charge < -0.3 is 15.0 Å². The number of hydrogen-bond donors (Lipinski definition) is 1. The quantitative estimate of drug-likeness (QED) is 0.841. The number of nitrogens with one attached hydrogen (secondary N) is 1. The monoisotopic (exact) mass is 235 g/mol. The van der Waals surface area contributed by atoms with E-state index in [2.05, 4.69) is 10.3 Å². The van der Waals surface area contributed by atoms with Crippen LogP contribution in [-0.4, -0.2) is 42.7 Å². The van der Waals surface area contributed by atoms with Crippen molar-refractivity contribution in [1.29, 1.82) is 0 Å². The first-order valence-corrected chi connectivity index (χ1v) is 5.76. The van der Waals surface area contributed by atoms with Crippen LogP contribution >= 0.6 is 0 Å². The zero-order valence-electron chi connectivity index (χ0n) is 9.93. The van der Waals surface area contributed by atoms with Gasteiger partial charge in [0.2, 0.25) is 0 Å². The number of cyclic esters (lactones) is 1. The van der Waals surface area contributed by atoms with Crippen molar-refractivity contribution in [3.63, 3.8) is 0 Å². The lowest BCUT2D eigenvalue weighted by atomic mass is 10.1. The Balaban J connectivity index is 1.96. The van der Waals surface area contributed by atoms with Gasteiger partial charge in [-0.3, -0.25) is 4.98 Å². The van der Waals surface area contributed by atoms with Crippen LogP contribution in [0.25, 0.3) is 0 Å². The van der Waals surface area contributed by atoms with E-state index in [0.29, 0.717) is 19.1 Å². The van der Waals surface area contributed by atoms with E-state index in [0.717, 1.165) is 18.8 Å². The van der Waals surface area contributed by atoms with Gasteiger partial charge in [0, 0.05) is 25.2 Å². The molecule has 1 unspecified atom stereocenters. The maximum absolute atomic E-state index is 11.6. The fraction of sp³-hybridized carbons (Fsp3) is 0.500. The van der Waals surface area contributed by atoms with Gasteiger partial charge in [0.05, 0.1) is 18.8 Å². The highest BCUT2D eigenvalue weighted by atomic mass is 16.6. The fourth-order valence-electron chi connectivity index (χ4n) is 1.95. The van der Waals surface area contributed by atoms with Crippen LogP contribution in [0.3, 0.4) is 0 Å². The molecular weight excluding hydrogens is 218 g/mol. The second-order valence-corrected chi connectivity index (χ2v) is 4.20. The number of hydrogen-bond acceptors (Lipinski definition) is 4. The van der Waals surface area contributed by atoms with Crippen LogP contribution in [0.15, 0.2) is 24.4 Å². The van der Waals surface area contributed by atoms with Gasteiger partial charge in [0.25, 0.3) is 0 Å². The zero-order valence-corrected chi connectivity index (χ0v) is 9.93. The topological polar surface area (TPSA) is 54.5 Å². The molecule has 0 aromatic carbocycles. The Bertz CT molecular complexity index is 369. The van der Waals surface area contributed by atoms with E-state index in [9.17, 15) is 4.79 Å². The third-order valence-electron chi connectivity index (χ3n) is 2.75. The van der Waals surface area contributed by atoms with E-state index in [4.69, 9.17) is 4.74 Å². The van der Waals surface area contributed by atoms with Gasteiger partial charge in [-0.2, -0.15) is 0 Å². The average molecular weight is 235 g/mol. The highest BCUT2D eigenvalue weighted by molar-refractivity contribution is 5.68. The maximum Gasteiger partial charge on any atom is 0.410 e. The second kappa shape index (κ2) is 5.63. The molecule has 5 nitrogen and oxygen atoms in total. The Morgan fingerprint density at radius 1 is 1.59 bits per heavy atom. The molecule has 0 radical (unpaired) electrons. The van der Waals surface area contributed by atoms with Crippen LogP contribution in [0.2, 0.25) is 0 Å². The molecule has 1 amide bonds. The van der Waals surface area contributed by atoms with Gasteiger partial charge >= 0.3 is 6.09 Å². The molecule has 1 atom stereocenters. The third kappa shape index (κ3) is 3.17. The summed E-state index contributed by atoms with van der Waals surface area (Å²) in [6.07, 6.45) is 1.48. The van der Waals surface area contributed by atoms with Gasteiger partial charge in [0.1, 0.15) is 0 Å². The number of carbonyl (C=O) groups is 1. The molecule has 2 heterocycles. The van der Waals surface area contributed by atoms with Gasteiger partial charge in [-0.1, -0.05) is 6.07 Å². The summed E-state index contributed by atoms with van der Waals surface area (Å²) in [4.78, 5) is 17.5.